The van der Waals surface area contributed by atoms with Gasteiger partial charge in [-0.2, -0.15) is 4.58 Å². The summed E-state index contributed by atoms with van der Waals surface area (Å²) in [6, 6.07) is 0. The minimum absolute atomic E-state index is 0. The third-order valence-corrected chi connectivity index (χ3v) is 9.51. The van der Waals surface area contributed by atoms with Crippen LogP contribution in [0.1, 0.15) is 194 Å². The number of aliphatic hydroxyl groups is 1. The zero-order chi connectivity index (χ0) is 31.1. The van der Waals surface area contributed by atoms with Crippen molar-refractivity contribution in [2.75, 3.05) is 39.4 Å². The van der Waals surface area contributed by atoms with Gasteiger partial charge in [0.15, 0.2) is 13.1 Å². The van der Waals surface area contributed by atoms with Gasteiger partial charge in [0.25, 0.3) is 0 Å². The monoisotopic (exact) mass is 644 g/mol. The van der Waals surface area contributed by atoms with Crippen molar-refractivity contribution in [2.45, 2.75) is 194 Å². The maximum Gasteiger partial charge on any atom is 0.337 e. The van der Waals surface area contributed by atoms with Crippen LogP contribution in [0.4, 0.5) is 0 Å². The molecule has 5 nitrogen and oxygen atoms in total. The topological polar surface area (TPSA) is 54.0 Å². The van der Waals surface area contributed by atoms with Gasteiger partial charge >= 0.3 is 11.8 Å². The standard InChI is InChI=1S/C38H75N2O3.ClH/c1-3-5-7-9-11-13-15-17-19-21-23-25-27-29-37-39(33-35-41)31-32-40(37)34-36-43-38(42)30-28-26-24-22-20-18-16-14-12-10-8-6-4-2;/h41H,3-36H2,1-2H3;1H/q+1;. The number of aliphatic hydroxyl groups excluding tert-OH is 1. The molecule has 0 spiro atoms. The first kappa shape index (κ1) is 43.4. The van der Waals surface area contributed by atoms with Crippen LogP contribution >= 0.6 is 0 Å². The maximum absolute atomic E-state index is 12.3. The number of hydrogen-bond acceptors (Lipinski definition) is 3. The SMILES string of the molecule is CCCCCCCCCCCCCCCC(=O)OCC[NH+]1CC[N+](CCO)=C1CCCCCCCCCCCCCCC.[Cl-]. The van der Waals surface area contributed by atoms with Crippen LogP contribution < -0.4 is 17.3 Å². The van der Waals surface area contributed by atoms with Gasteiger partial charge < -0.3 is 22.3 Å². The maximum atomic E-state index is 12.3. The second-order valence-electron chi connectivity index (χ2n) is 13.5. The number of ether oxygens (including phenoxy) is 1. The smallest absolute Gasteiger partial charge is 0.337 e. The van der Waals surface area contributed by atoms with Crippen molar-refractivity contribution in [3.63, 3.8) is 0 Å². The van der Waals surface area contributed by atoms with Crippen LogP contribution in [-0.4, -0.2) is 60.9 Å². The van der Waals surface area contributed by atoms with Gasteiger partial charge in [-0.25, -0.2) is 4.90 Å². The number of carbonyl (C=O) groups is 1. The molecular formula is C38H76ClN2O3+. The average Bonchev–Trinajstić information content (AvgIpc) is 3.38. The van der Waals surface area contributed by atoms with Crippen molar-refractivity contribution < 1.29 is 36.5 Å². The molecule has 0 saturated carbocycles. The minimum Gasteiger partial charge on any atom is -1.00 e. The van der Waals surface area contributed by atoms with Crippen molar-refractivity contribution >= 4 is 11.8 Å². The highest BCUT2D eigenvalue weighted by Gasteiger charge is 2.34. The summed E-state index contributed by atoms with van der Waals surface area (Å²) < 4.78 is 8.02. The highest BCUT2D eigenvalue weighted by molar-refractivity contribution is 5.69. The Labute approximate surface area is 280 Å². The van der Waals surface area contributed by atoms with E-state index in [9.17, 15) is 9.90 Å². The lowest BCUT2D eigenvalue weighted by Gasteiger charge is -2.12. The number of quaternary nitrogens is 1. The summed E-state index contributed by atoms with van der Waals surface area (Å²) in [5.74, 6) is 1.41. The molecule has 0 radical (unpaired) electrons. The molecule has 0 aromatic rings. The number of rotatable bonds is 33. The number of amidine groups is 1. The van der Waals surface area contributed by atoms with Crippen LogP contribution in [0.5, 0.6) is 0 Å². The number of nitrogens with one attached hydrogen (secondary N) is 1. The largest absolute Gasteiger partial charge is 1.00 e. The Morgan fingerprint density at radius 3 is 1.50 bits per heavy atom. The van der Waals surface area contributed by atoms with Gasteiger partial charge in [-0.3, -0.25) is 4.79 Å². The highest BCUT2D eigenvalue weighted by Crippen LogP contribution is 2.14. The average molecular weight is 644 g/mol. The summed E-state index contributed by atoms with van der Waals surface area (Å²) in [5.41, 5.74) is 0. The van der Waals surface area contributed by atoms with E-state index >= 15 is 0 Å². The van der Waals surface area contributed by atoms with E-state index in [1.807, 2.05) is 0 Å². The van der Waals surface area contributed by atoms with Crippen molar-refractivity contribution in [3.8, 4) is 0 Å². The van der Waals surface area contributed by atoms with Crippen molar-refractivity contribution in [1.82, 2.24) is 0 Å². The van der Waals surface area contributed by atoms with Gasteiger partial charge in [-0.1, -0.05) is 168 Å². The lowest BCUT2D eigenvalue weighted by molar-refractivity contribution is -0.803. The zero-order valence-corrected chi connectivity index (χ0v) is 30.4. The molecule has 0 amide bonds. The lowest BCUT2D eigenvalue weighted by Crippen LogP contribution is -3.14. The molecule has 0 aromatic carbocycles. The van der Waals surface area contributed by atoms with E-state index in [1.54, 1.807) is 0 Å². The van der Waals surface area contributed by atoms with Crippen LogP contribution in [0.2, 0.25) is 0 Å². The Morgan fingerprint density at radius 1 is 0.659 bits per heavy atom. The molecule has 1 aliphatic heterocycles. The van der Waals surface area contributed by atoms with Crippen LogP contribution in [-0.2, 0) is 9.53 Å². The van der Waals surface area contributed by atoms with Crippen LogP contribution in [0.15, 0.2) is 0 Å². The predicted molar refractivity (Wildman–Crippen MR) is 184 cm³/mol. The van der Waals surface area contributed by atoms with E-state index < -0.39 is 0 Å². The van der Waals surface area contributed by atoms with Gasteiger partial charge in [0.2, 0.25) is 0 Å². The third-order valence-electron chi connectivity index (χ3n) is 9.51. The van der Waals surface area contributed by atoms with Crippen LogP contribution in [0, 0.1) is 0 Å². The molecule has 1 rings (SSSR count). The lowest BCUT2D eigenvalue weighted by atomic mass is 10.0. The minimum atomic E-state index is -0.0214. The van der Waals surface area contributed by atoms with Gasteiger partial charge in [-0.05, 0) is 12.8 Å². The van der Waals surface area contributed by atoms with Gasteiger partial charge in [0.05, 0.1) is 6.42 Å². The summed E-state index contributed by atoms with van der Waals surface area (Å²) in [4.78, 5) is 13.8. The molecule has 1 heterocycles. The first-order valence-corrected chi connectivity index (χ1v) is 19.4. The number of β-amino-alcohol motifs (C(OH)–C–C–N with tert-alkyl or cyclic N) is 1. The number of unbranched alkanes of at least 4 members (excludes halogenated alkanes) is 24. The van der Waals surface area contributed by atoms with E-state index in [0.29, 0.717) is 13.0 Å². The number of hydrogen-bond donors (Lipinski definition) is 2. The van der Waals surface area contributed by atoms with Crippen LogP contribution in [0.3, 0.4) is 0 Å². The van der Waals surface area contributed by atoms with Crippen molar-refractivity contribution in [1.29, 1.82) is 0 Å². The summed E-state index contributed by atoms with van der Waals surface area (Å²) >= 11 is 0. The van der Waals surface area contributed by atoms with E-state index in [1.165, 1.54) is 165 Å². The molecule has 1 aliphatic rings. The second kappa shape index (κ2) is 33.7. The summed E-state index contributed by atoms with van der Waals surface area (Å²) in [6.45, 7) is 8.96. The summed E-state index contributed by atoms with van der Waals surface area (Å²) in [6.07, 6.45) is 36.8. The molecule has 2 N–H and O–H groups in total. The van der Waals surface area contributed by atoms with Gasteiger partial charge in [0, 0.05) is 6.42 Å². The summed E-state index contributed by atoms with van der Waals surface area (Å²) in [5, 5.41) is 9.55. The van der Waals surface area contributed by atoms with E-state index in [2.05, 4.69) is 18.4 Å². The normalized spacial score (nSPS) is 14.8. The fourth-order valence-electron chi connectivity index (χ4n) is 6.70. The first-order chi connectivity index (χ1) is 21.2. The number of carbonyl (C=O) groups excluding carboxylic acids is 1. The molecule has 0 saturated heterocycles. The number of nitrogens with zero attached hydrogens (tertiary/aromatic N) is 1. The number of esters is 1. The fourth-order valence-corrected chi connectivity index (χ4v) is 6.70. The number of halogens is 1. The Kier molecular flexibility index (Phi) is 33.2. The molecule has 0 aliphatic carbocycles. The molecule has 262 valence electrons. The molecule has 1 unspecified atom stereocenters. The Hall–Kier alpha value is -0.650. The first-order valence-electron chi connectivity index (χ1n) is 19.4. The Balaban J connectivity index is 0.0000185. The van der Waals surface area contributed by atoms with E-state index in [4.69, 9.17) is 4.74 Å². The predicted octanol–water partition coefficient (Wildman–Crippen LogP) is 5.80. The Bertz CT molecular complexity index is 658. The molecule has 0 bridgehead atoms. The molecule has 44 heavy (non-hydrogen) atoms. The van der Waals surface area contributed by atoms with Crippen molar-refractivity contribution in [2.24, 2.45) is 0 Å². The quantitative estimate of drug-likeness (QED) is 0.0540. The van der Waals surface area contributed by atoms with Gasteiger partial charge in [0.1, 0.15) is 26.3 Å². The van der Waals surface area contributed by atoms with Crippen molar-refractivity contribution in [3.05, 3.63) is 0 Å². The molecule has 0 fully saturated rings. The molecule has 1 atom stereocenters. The third kappa shape index (κ3) is 25.5. The van der Waals surface area contributed by atoms with E-state index in [-0.39, 0.29) is 25.0 Å². The van der Waals surface area contributed by atoms with Gasteiger partial charge in [-0.15, -0.1) is 0 Å². The molecule has 6 heteroatoms. The zero-order valence-electron chi connectivity index (χ0n) is 29.6. The van der Waals surface area contributed by atoms with E-state index in [0.717, 1.165) is 45.4 Å². The second-order valence-corrected chi connectivity index (χ2v) is 13.5. The summed E-state index contributed by atoms with van der Waals surface area (Å²) in [7, 11) is 0. The molecular weight excluding hydrogens is 568 g/mol. The fraction of sp³-hybridized carbons (Fsp3) is 0.947. The molecule has 0 aromatic heterocycles. The highest BCUT2D eigenvalue weighted by atomic mass is 35.5. The van der Waals surface area contributed by atoms with Crippen LogP contribution in [0.25, 0.3) is 0 Å². The Morgan fingerprint density at radius 2 is 1.07 bits per heavy atom.